The maximum Gasteiger partial charge on any atom is 0.249 e. The van der Waals surface area contributed by atoms with Crippen molar-refractivity contribution in [3.8, 4) is 11.4 Å². The largest absolute Gasteiger partial charge is 0.375 e. The number of amides is 1. The zero-order valence-electron chi connectivity index (χ0n) is 20.2. The van der Waals surface area contributed by atoms with Crippen LogP contribution in [-0.2, 0) is 16.1 Å². The van der Waals surface area contributed by atoms with Crippen LogP contribution in [0.15, 0.2) is 55.1 Å². The summed E-state index contributed by atoms with van der Waals surface area (Å²) in [4.78, 5) is 28.1. The van der Waals surface area contributed by atoms with Crippen molar-refractivity contribution in [3.05, 3.63) is 66.5 Å². The normalized spacial score (nSPS) is 13.5. The molecule has 2 aromatic heterocycles. The second-order valence-corrected chi connectivity index (χ2v) is 9.27. The van der Waals surface area contributed by atoms with E-state index in [0.717, 1.165) is 5.56 Å². The molecule has 0 radical (unpaired) electrons. The van der Waals surface area contributed by atoms with Gasteiger partial charge in [0.05, 0.1) is 18.8 Å². The number of hydrogen-bond acceptors (Lipinski definition) is 6. The molecule has 0 aliphatic carbocycles. The van der Waals surface area contributed by atoms with Crippen LogP contribution in [0.5, 0.6) is 0 Å². The Labute approximate surface area is 200 Å². The lowest BCUT2D eigenvalue weighted by Gasteiger charge is -2.40. The van der Waals surface area contributed by atoms with Crippen LogP contribution in [-0.4, -0.2) is 63.3 Å². The standard InChI is InChI=1S/C25H33FN6O2/c1-25(2,3)23(32(15-19(26)12-27)22(33)17-34-4)24-30-21(20-13-28-10-11-29-20)16-31(24)14-18-8-6-5-7-9-18/h5-11,13,16,19,23H,12,14-15,17,27H2,1-4H3/t19-,23-/m0/s1. The second kappa shape index (κ2) is 11.3. The van der Waals surface area contributed by atoms with Crippen molar-refractivity contribution in [2.24, 2.45) is 11.1 Å². The molecule has 3 rings (SSSR count). The Morgan fingerprint density at radius 3 is 2.53 bits per heavy atom. The third kappa shape index (κ3) is 6.24. The van der Waals surface area contributed by atoms with Crippen molar-refractivity contribution >= 4 is 5.91 Å². The predicted octanol–water partition coefficient (Wildman–Crippen LogP) is 3.25. The molecule has 0 fully saturated rings. The van der Waals surface area contributed by atoms with E-state index in [4.69, 9.17) is 15.5 Å². The van der Waals surface area contributed by atoms with Gasteiger partial charge in [-0.05, 0) is 11.0 Å². The summed E-state index contributed by atoms with van der Waals surface area (Å²) in [5.74, 6) is 0.305. The lowest BCUT2D eigenvalue weighted by atomic mass is 9.84. The summed E-state index contributed by atoms with van der Waals surface area (Å²) in [7, 11) is 1.45. The Hall–Kier alpha value is -3.17. The molecule has 0 saturated heterocycles. The van der Waals surface area contributed by atoms with Gasteiger partial charge < -0.3 is 19.9 Å². The minimum absolute atomic E-state index is 0.153. The summed E-state index contributed by atoms with van der Waals surface area (Å²) in [6.07, 6.45) is 5.38. The maximum atomic E-state index is 14.6. The van der Waals surface area contributed by atoms with Gasteiger partial charge in [-0.15, -0.1) is 0 Å². The molecule has 0 aliphatic rings. The van der Waals surface area contributed by atoms with Gasteiger partial charge in [-0.2, -0.15) is 0 Å². The van der Waals surface area contributed by atoms with Crippen molar-refractivity contribution in [1.82, 2.24) is 24.4 Å². The number of nitrogens with two attached hydrogens (primary N) is 1. The number of ether oxygens (including phenoxy) is 1. The number of carbonyl (C=O) groups is 1. The summed E-state index contributed by atoms with van der Waals surface area (Å²) in [5, 5.41) is 0. The van der Waals surface area contributed by atoms with E-state index in [9.17, 15) is 9.18 Å². The van der Waals surface area contributed by atoms with Crippen molar-refractivity contribution in [2.75, 3.05) is 26.8 Å². The van der Waals surface area contributed by atoms with Gasteiger partial charge in [-0.25, -0.2) is 9.37 Å². The smallest absolute Gasteiger partial charge is 0.249 e. The van der Waals surface area contributed by atoms with E-state index in [1.165, 1.54) is 12.0 Å². The molecule has 9 heteroatoms. The monoisotopic (exact) mass is 468 g/mol. The van der Waals surface area contributed by atoms with Crippen LogP contribution in [0.25, 0.3) is 11.4 Å². The average molecular weight is 469 g/mol. The highest BCUT2D eigenvalue weighted by Gasteiger charge is 2.39. The van der Waals surface area contributed by atoms with Gasteiger partial charge in [0.2, 0.25) is 5.91 Å². The van der Waals surface area contributed by atoms with Gasteiger partial charge in [0.1, 0.15) is 30.0 Å². The zero-order chi connectivity index (χ0) is 24.7. The number of hydrogen-bond donors (Lipinski definition) is 1. The third-order valence-electron chi connectivity index (χ3n) is 5.44. The Morgan fingerprint density at radius 1 is 1.21 bits per heavy atom. The minimum Gasteiger partial charge on any atom is -0.375 e. The van der Waals surface area contributed by atoms with Crippen LogP contribution in [0.4, 0.5) is 4.39 Å². The van der Waals surface area contributed by atoms with Gasteiger partial charge >= 0.3 is 0 Å². The molecular formula is C25H33FN6O2. The molecule has 0 unspecified atom stereocenters. The highest BCUT2D eigenvalue weighted by molar-refractivity contribution is 5.78. The van der Waals surface area contributed by atoms with Crippen molar-refractivity contribution in [3.63, 3.8) is 0 Å². The molecule has 2 heterocycles. The molecular weight excluding hydrogens is 435 g/mol. The second-order valence-electron chi connectivity index (χ2n) is 9.27. The minimum atomic E-state index is -1.37. The molecule has 0 aliphatic heterocycles. The Kier molecular flexibility index (Phi) is 8.46. The van der Waals surface area contributed by atoms with Gasteiger partial charge in [-0.1, -0.05) is 51.1 Å². The van der Waals surface area contributed by atoms with Crippen molar-refractivity contribution < 1.29 is 13.9 Å². The van der Waals surface area contributed by atoms with E-state index < -0.39 is 17.6 Å². The summed E-state index contributed by atoms with van der Waals surface area (Å²) in [6.45, 7) is 6.03. The molecule has 0 bridgehead atoms. The van der Waals surface area contributed by atoms with Crippen LogP contribution in [0.1, 0.15) is 38.2 Å². The van der Waals surface area contributed by atoms with Gasteiger partial charge in [0.15, 0.2) is 0 Å². The molecule has 182 valence electrons. The van der Waals surface area contributed by atoms with E-state index in [1.54, 1.807) is 18.6 Å². The topological polar surface area (TPSA) is 99.2 Å². The quantitative estimate of drug-likeness (QED) is 0.490. The fourth-order valence-corrected chi connectivity index (χ4v) is 3.95. The highest BCUT2D eigenvalue weighted by atomic mass is 19.1. The number of methoxy groups -OCH3 is 1. The third-order valence-corrected chi connectivity index (χ3v) is 5.44. The number of alkyl halides is 1. The molecule has 3 aromatic rings. The van der Waals surface area contributed by atoms with Crippen LogP contribution in [0.3, 0.4) is 0 Å². The van der Waals surface area contributed by atoms with E-state index in [2.05, 4.69) is 9.97 Å². The fraction of sp³-hybridized carbons (Fsp3) is 0.440. The van der Waals surface area contributed by atoms with Crippen molar-refractivity contribution in [1.29, 1.82) is 0 Å². The Bertz CT molecular complexity index is 1050. The first kappa shape index (κ1) is 25.5. The van der Waals surface area contributed by atoms with Crippen molar-refractivity contribution in [2.45, 2.75) is 39.5 Å². The van der Waals surface area contributed by atoms with Gasteiger partial charge in [-0.3, -0.25) is 14.8 Å². The van der Waals surface area contributed by atoms with Crippen LogP contribution >= 0.6 is 0 Å². The van der Waals surface area contributed by atoms with Gasteiger partial charge in [0, 0.05) is 38.8 Å². The Morgan fingerprint density at radius 2 is 1.94 bits per heavy atom. The van der Waals surface area contributed by atoms with E-state index in [1.807, 2.05) is 61.9 Å². The number of nitrogens with zero attached hydrogens (tertiary/aromatic N) is 5. The molecule has 0 spiro atoms. The Balaban J connectivity index is 2.16. The summed E-state index contributed by atoms with van der Waals surface area (Å²) in [5.41, 5.74) is 7.41. The first-order valence-corrected chi connectivity index (χ1v) is 11.2. The first-order valence-electron chi connectivity index (χ1n) is 11.2. The van der Waals surface area contributed by atoms with E-state index >= 15 is 0 Å². The average Bonchev–Trinajstić information content (AvgIpc) is 3.22. The molecule has 8 nitrogen and oxygen atoms in total. The lowest BCUT2D eigenvalue weighted by Crippen LogP contribution is -2.47. The summed E-state index contributed by atoms with van der Waals surface area (Å²) >= 11 is 0. The highest BCUT2D eigenvalue weighted by Crippen LogP contribution is 2.39. The number of imidazole rings is 1. The van der Waals surface area contributed by atoms with Crippen LogP contribution in [0, 0.1) is 5.41 Å². The van der Waals surface area contributed by atoms with Gasteiger partial charge in [0.25, 0.3) is 0 Å². The molecule has 2 N–H and O–H groups in total. The van der Waals surface area contributed by atoms with E-state index in [0.29, 0.717) is 23.8 Å². The molecule has 1 amide bonds. The molecule has 1 aromatic carbocycles. The summed E-state index contributed by atoms with van der Waals surface area (Å²) in [6, 6.07) is 9.41. The maximum absolute atomic E-state index is 14.6. The number of benzene rings is 1. The van der Waals surface area contributed by atoms with E-state index in [-0.39, 0.29) is 25.6 Å². The van der Waals surface area contributed by atoms with Crippen LogP contribution < -0.4 is 5.73 Å². The lowest BCUT2D eigenvalue weighted by molar-refractivity contribution is -0.141. The number of aromatic nitrogens is 4. The SMILES string of the molecule is COCC(=O)N(C[C@@H](F)CN)[C@@H](c1nc(-c2cnccn2)cn1Cc1ccccc1)C(C)(C)C. The molecule has 0 saturated carbocycles. The number of halogens is 1. The molecule has 2 atom stereocenters. The van der Waals surface area contributed by atoms with Crippen LogP contribution in [0.2, 0.25) is 0 Å². The predicted molar refractivity (Wildman–Crippen MR) is 129 cm³/mol. The summed E-state index contributed by atoms with van der Waals surface area (Å²) < 4.78 is 21.7. The zero-order valence-corrected chi connectivity index (χ0v) is 20.2. The first-order chi connectivity index (χ1) is 16.2. The number of carbonyl (C=O) groups excluding carboxylic acids is 1. The molecule has 34 heavy (non-hydrogen) atoms. The fourth-order valence-electron chi connectivity index (χ4n) is 3.95. The number of rotatable bonds is 10.